The van der Waals surface area contributed by atoms with E-state index < -0.39 is 15.4 Å². The Morgan fingerprint density at radius 2 is 2.13 bits per heavy atom. The first-order valence-electron chi connectivity index (χ1n) is 7.97. The molecule has 0 saturated heterocycles. The summed E-state index contributed by atoms with van der Waals surface area (Å²) in [6, 6.07) is 7.93. The van der Waals surface area contributed by atoms with Crippen molar-refractivity contribution in [3.63, 3.8) is 0 Å². The molecule has 0 spiro atoms. The first-order valence-corrected chi connectivity index (χ1v) is 9.62. The van der Waals surface area contributed by atoms with Crippen LogP contribution in [0.25, 0.3) is 0 Å². The third-order valence-corrected chi connectivity index (χ3v) is 5.87. The van der Waals surface area contributed by atoms with Gasteiger partial charge < -0.3 is 4.90 Å². The van der Waals surface area contributed by atoms with Gasteiger partial charge in [0.15, 0.2) is 0 Å². The van der Waals surface area contributed by atoms with Crippen LogP contribution < -0.4 is 9.62 Å². The number of nitrogens with zero attached hydrogens (tertiary/aromatic N) is 3. The summed E-state index contributed by atoms with van der Waals surface area (Å²) in [7, 11) is -1.47. The molecule has 1 fully saturated rings. The maximum atomic E-state index is 12.2. The van der Waals surface area contributed by atoms with Gasteiger partial charge in [0.25, 0.3) is 0 Å². The summed E-state index contributed by atoms with van der Waals surface area (Å²) in [6.07, 6.45) is 5.68. The van der Waals surface area contributed by atoms with Crippen molar-refractivity contribution < 1.29 is 8.42 Å². The highest BCUT2D eigenvalue weighted by Gasteiger charge is 2.38. The zero-order valence-electron chi connectivity index (χ0n) is 13.5. The van der Waals surface area contributed by atoms with E-state index in [1.54, 1.807) is 6.20 Å². The van der Waals surface area contributed by atoms with Crippen molar-refractivity contribution in [2.45, 2.75) is 32.1 Å². The molecule has 1 aromatic heterocycles. The summed E-state index contributed by atoms with van der Waals surface area (Å²) >= 11 is 0. The molecule has 1 aliphatic rings. The van der Waals surface area contributed by atoms with E-state index >= 15 is 0 Å². The number of aromatic nitrogens is 1. The topological polar surface area (TPSA) is 86.1 Å². The Labute approximate surface area is 138 Å². The zero-order valence-corrected chi connectivity index (χ0v) is 14.3. The van der Waals surface area contributed by atoms with E-state index in [-0.39, 0.29) is 5.75 Å². The lowest BCUT2D eigenvalue weighted by Crippen LogP contribution is -2.36. The fourth-order valence-electron chi connectivity index (χ4n) is 2.99. The molecular weight excluding hydrogens is 312 g/mol. The Morgan fingerprint density at radius 1 is 1.39 bits per heavy atom. The first kappa shape index (κ1) is 17.7. The van der Waals surface area contributed by atoms with E-state index in [4.69, 9.17) is 0 Å². The van der Waals surface area contributed by atoms with E-state index in [0.29, 0.717) is 32.4 Å². The summed E-state index contributed by atoms with van der Waals surface area (Å²) in [5.41, 5.74) is -0.684. The van der Waals surface area contributed by atoms with Crippen molar-refractivity contribution in [1.82, 2.24) is 9.71 Å². The third kappa shape index (κ3) is 5.19. The van der Waals surface area contributed by atoms with Gasteiger partial charge >= 0.3 is 0 Å². The Morgan fingerprint density at radius 3 is 2.74 bits per heavy atom. The summed E-state index contributed by atoms with van der Waals surface area (Å²) in [6.45, 7) is 1.09. The second kappa shape index (κ2) is 7.75. The molecule has 0 atom stereocenters. The Balaban J connectivity index is 1.76. The summed E-state index contributed by atoms with van der Waals surface area (Å²) in [5, 5.41) is 9.29. The SMILES string of the molecule is CN(CCCNS(=O)(=O)CC1(C#N)CCCC1)c1ccccn1. The standard InChI is InChI=1S/C16H24N4O2S/c1-20(15-7-2-5-10-18-15)12-6-11-19-23(21,22)14-16(13-17)8-3-4-9-16/h2,5,7,10,19H,3-4,6,8-9,11-12,14H2,1H3. The molecular formula is C16H24N4O2S. The van der Waals surface area contributed by atoms with Gasteiger partial charge in [-0.05, 0) is 31.4 Å². The lowest BCUT2D eigenvalue weighted by molar-refractivity contribution is 0.452. The van der Waals surface area contributed by atoms with Crippen LogP contribution in [0.3, 0.4) is 0 Å². The Hall–Kier alpha value is -1.65. The van der Waals surface area contributed by atoms with Gasteiger partial charge in [-0.15, -0.1) is 0 Å². The molecule has 1 saturated carbocycles. The highest BCUT2D eigenvalue weighted by atomic mass is 32.2. The maximum Gasteiger partial charge on any atom is 0.213 e. The molecule has 7 heteroatoms. The van der Waals surface area contributed by atoms with Crippen molar-refractivity contribution in [2.75, 3.05) is 30.8 Å². The van der Waals surface area contributed by atoms with Crippen LogP contribution in [0.5, 0.6) is 0 Å². The van der Waals surface area contributed by atoms with Crippen LogP contribution in [0.2, 0.25) is 0 Å². The fraction of sp³-hybridized carbons (Fsp3) is 0.625. The molecule has 23 heavy (non-hydrogen) atoms. The summed E-state index contributed by atoms with van der Waals surface area (Å²) < 4.78 is 27.0. The number of nitrogens with one attached hydrogen (secondary N) is 1. The van der Waals surface area contributed by atoms with E-state index in [0.717, 1.165) is 18.7 Å². The molecule has 126 valence electrons. The molecule has 0 bridgehead atoms. The second-order valence-electron chi connectivity index (χ2n) is 6.22. The number of anilines is 1. The van der Waals surface area contributed by atoms with Crippen LogP contribution in [0.1, 0.15) is 32.1 Å². The normalized spacial score (nSPS) is 16.9. The maximum absolute atomic E-state index is 12.2. The summed E-state index contributed by atoms with van der Waals surface area (Å²) in [5.74, 6) is 0.789. The van der Waals surface area contributed by atoms with Gasteiger partial charge in [0.05, 0.1) is 17.2 Å². The number of hydrogen-bond donors (Lipinski definition) is 1. The van der Waals surface area contributed by atoms with E-state index in [1.807, 2.05) is 30.1 Å². The zero-order chi connectivity index (χ0) is 16.8. The quantitative estimate of drug-likeness (QED) is 0.733. The van der Waals surface area contributed by atoms with Crippen molar-refractivity contribution in [1.29, 1.82) is 5.26 Å². The van der Waals surface area contributed by atoms with Crippen LogP contribution in [-0.4, -0.2) is 39.3 Å². The average molecular weight is 336 g/mol. The van der Waals surface area contributed by atoms with Gasteiger partial charge in [-0.1, -0.05) is 18.9 Å². The number of nitriles is 1. The number of hydrogen-bond acceptors (Lipinski definition) is 5. The minimum absolute atomic E-state index is 0.0768. The molecule has 6 nitrogen and oxygen atoms in total. The smallest absolute Gasteiger partial charge is 0.213 e. The summed E-state index contributed by atoms with van der Waals surface area (Å²) in [4.78, 5) is 6.23. The second-order valence-corrected chi connectivity index (χ2v) is 8.02. The van der Waals surface area contributed by atoms with E-state index in [2.05, 4.69) is 15.8 Å². The van der Waals surface area contributed by atoms with Crippen molar-refractivity contribution in [2.24, 2.45) is 5.41 Å². The predicted octanol–water partition coefficient (Wildman–Crippen LogP) is 1.91. The van der Waals surface area contributed by atoms with Crippen LogP contribution in [0.4, 0.5) is 5.82 Å². The van der Waals surface area contributed by atoms with Gasteiger partial charge in [0.2, 0.25) is 10.0 Å². The van der Waals surface area contributed by atoms with Crippen LogP contribution in [0.15, 0.2) is 24.4 Å². The molecule has 1 aliphatic carbocycles. The molecule has 1 heterocycles. The Kier molecular flexibility index (Phi) is 5.97. The van der Waals surface area contributed by atoms with Gasteiger partial charge in [0.1, 0.15) is 5.82 Å². The largest absolute Gasteiger partial charge is 0.360 e. The molecule has 0 amide bonds. The molecule has 0 unspecified atom stereocenters. The fourth-order valence-corrected chi connectivity index (χ4v) is 4.63. The van der Waals surface area contributed by atoms with E-state index in [1.165, 1.54) is 0 Å². The lowest BCUT2D eigenvalue weighted by atomic mass is 9.91. The van der Waals surface area contributed by atoms with Crippen LogP contribution in [0, 0.1) is 16.7 Å². The monoisotopic (exact) mass is 336 g/mol. The van der Waals surface area contributed by atoms with Crippen LogP contribution >= 0.6 is 0 Å². The molecule has 0 radical (unpaired) electrons. The third-order valence-electron chi connectivity index (χ3n) is 4.30. The Bertz CT molecular complexity index is 634. The number of rotatable bonds is 8. The highest BCUT2D eigenvalue weighted by Crippen LogP contribution is 2.38. The van der Waals surface area contributed by atoms with Crippen molar-refractivity contribution in [3.05, 3.63) is 24.4 Å². The first-order chi connectivity index (χ1) is 11.0. The van der Waals surface area contributed by atoms with Crippen molar-refractivity contribution >= 4 is 15.8 Å². The average Bonchev–Trinajstić information content (AvgIpc) is 3.00. The molecule has 2 rings (SSSR count). The van der Waals surface area contributed by atoms with Gasteiger partial charge in [-0.25, -0.2) is 18.1 Å². The minimum atomic E-state index is -3.40. The van der Waals surface area contributed by atoms with Crippen molar-refractivity contribution in [3.8, 4) is 6.07 Å². The van der Waals surface area contributed by atoms with Gasteiger partial charge in [0, 0.05) is 26.3 Å². The van der Waals surface area contributed by atoms with Crippen LogP contribution in [-0.2, 0) is 10.0 Å². The molecule has 1 aromatic rings. The minimum Gasteiger partial charge on any atom is -0.360 e. The molecule has 0 aromatic carbocycles. The lowest BCUT2D eigenvalue weighted by Gasteiger charge is -2.21. The predicted molar refractivity (Wildman–Crippen MR) is 90.4 cm³/mol. The number of sulfonamides is 1. The van der Waals surface area contributed by atoms with Gasteiger partial charge in [-0.3, -0.25) is 0 Å². The highest BCUT2D eigenvalue weighted by molar-refractivity contribution is 7.89. The molecule has 1 N–H and O–H groups in total. The molecule has 0 aliphatic heterocycles. The number of pyridine rings is 1. The van der Waals surface area contributed by atoms with E-state index in [9.17, 15) is 13.7 Å². The van der Waals surface area contributed by atoms with Gasteiger partial charge in [-0.2, -0.15) is 5.26 Å².